The molecule has 156 valence electrons. The van der Waals surface area contributed by atoms with Crippen molar-refractivity contribution in [2.24, 2.45) is 0 Å². The Labute approximate surface area is 177 Å². The van der Waals surface area contributed by atoms with Crippen LogP contribution in [-0.4, -0.2) is 20.9 Å². The Hall–Kier alpha value is -2.97. The highest BCUT2D eigenvalue weighted by Crippen LogP contribution is 2.26. The topological polar surface area (TPSA) is 75.3 Å². The summed E-state index contributed by atoms with van der Waals surface area (Å²) >= 11 is 6.06. The number of benzene rings is 3. The second kappa shape index (κ2) is 9.23. The second-order valence-corrected chi connectivity index (χ2v) is 8.44. The Bertz CT molecular complexity index is 1170. The van der Waals surface area contributed by atoms with E-state index in [1.54, 1.807) is 18.2 Å². The summed E-state index contributed by atoms with van der Waals surface area (Å²) in [5.74, 6) is -1.39. The maximum absolute atomic E-state index is 13.6. The highest BCUT2D eigenvalue weighted by molar-refractivity contribution is 7.92. The van der Waals surface area contributed by atoms with Crippen LogP contribution in [0.1, 0.15) is 15.9 Å². The number of hydrogen-bond donors (Lipinski definition) is 2. The minimum Gasteiger partial charge on any atom is -0.352 e. The number of carbonyl (C=O) groups is 1. The van der Waals surface area contributed by atoms with Gasteiger partial charge in [0.1, 0.15) is 11.6 Å². The third kappa shape index (κ3) is 5.34. The highest BCUT2D eigenvalue weighted by Gasteiger charge is 2.17. The van der Waals surface area contributed by atoms with Crippen molar-refractivity contribution in [3.8, 4) is 0 Å². The molecule has 3 rings (SSSR count). The Morgan fingerprint density at radius 2 is 1.67 bits per heavy atom. The molecule has 30 heavy (non-hydrogen) atoms. The van der Waals surface area contributed by atoms with E-state index in [1.807, 2.05) is 0 Å². The summed E-state index contributed by atoms with van der Waals surface area (Å²) in [6.07, 6.45) is 0.302. The lowest BCUT2D eigenvalue weighted by Gasteiger charge is -2.12. The molecule has 0 fully saturated rings. The van der Waals surface area contributed by atoms with Crippen LogP contribution in [0.5, 0.6) is 0 Å². The van der Waals surface area contributed by atoms with Gasteiger partial charge in [0.05, 0.1) is 15.6 Å². The maximum atomic E-state index is 13.6. The summed E-state index contributed by atoms with van der Waals surface area (Å²) in [5, 5.41) is 2.74. The van der Waals surface area contributed by atoms with Crippen molar-refractivity contribution in [2.45, 2.75) is 11.3 Å². The van der Waals surface area contributed by atoms with Gasteiger partial charge in [-0.05, 0) is 60.5 Å². The van der Waals surface area contributed by atoms with E-state index in [1.165, 1.54) is 24.3 Å². The summed E-state index contributed by atoms with van der Waals surface area (Å²) in [7, 11) is -4.03. The molecule has 0 atom stereocenters. The first-order valence-corrected chi connectivity index (χ1v) is 10.7. The van der Waals surface area contributed by atoms with Gasteiger partial charge in [0.15, 0.2) is 0 Å². The minimum atomic E-state index is -4.03. The number of anilines is 1. The number of sulfonamides is 1. The molecule has 0 bridgehead atoms. The first-order valence-electron chi connectivity index (χ1n) is 8.86. The highest BCUT2D eigenvalue weighted by atomic mass is 35.5. The average Bonchev–Trinajstić information content (AvgIpc) is 2.71. The van der Waals surface area contributed by atoms with Crippen LogP contribution in [0.25, 0.3) is 0 Å². The molecule has 0 aliphatic heterocycles. The zero-order chi connectivity index (χ0) is 21.7. The molecular formula is C21H17ClF2N2O3S. The zero-order valence-corrected chi connectivity index (χ0v) is 17.1. The lowest BCUT2D eigenvalue weighted by atomic mass is 10.1. The summed E-state index contributed by atoms with van der Waals surface area (Å²) < 4.78 is 53.9. The molecular weight excluding hydrogens is 434 g/mol. The normalized spacial score (nSPS) is 11.2. The average molecular weight is 451 g/mol. The number of rotatable bonds is 7. The smallest absolute Gasteiger partial charge is 0.261 e. The van der Waals surface area contributed by atoms with Crippen LogP contribution in [0.4, 0.5) is 14.5 Å². The molecule has 3 aromatic rings. The van der Waals surface area contributed by atoms with E-state index in [9.17, 15) is 22.0 Å². The fourth-order valence-electron chi connectivity index (χ4n) is 2.68. The fourth-order valence-corrected chi connectivity index (χ4v) is 3.97. The van der Waals surface area contributed by atoms with E-state index in [-0.39, 0.29) is 33.5 Å². The predicted molar refractivity (Wildman–Crippen MR) is 111 cm³/mol. The lowest BCUT2D eigenvalue weighted by Crippen LogP contribution is -2.26. The van der Waals surface area contributed by atoms with Crippen molar-refractivity contribution in [2.75, 3.05) is 11.3 Å². The second-order valence-electron chi connectivity index (χ2n) is 6.35. The molecule has 0 saturated carbocycles. The van der Waals surface area contributed by atoms with E-state index in [0.29, 0.717) is 12.0 Å². The SMILES string of the molecule is O=C(NCCc1ccccc1F)c1ccc(Cl)c(NS(=O)(=O)c2ccc(F)cc2)c1. The van der Waals surface area contributed by atoms with Gasteiger partial charge in [0.2, 0.25) is 0 Å². The van der Waals surface area contributed by atoms with Gasteiger partial charge in [-0.15, -0.1) is 0 Å². The van der Waals surface area contributed by atoms with Gasteiger partial charge in [-0.3, -0.25) is 9.52 Å². The molecule has 9 heteroatoms. The summed E-state index contributed by atoms with van der Waals surface area (Å²) in [6, 6.07) is 14.7. The first-order chi connectivity index (χ1) is 14.3. The zero-order valence-electron chi connectivity index (χ0n) is 15.5. The molecule has 5 nitrogen and oxygen atoms in total. The van der Waals surface area contributed by atoms with Crippen molar-refractivity contribution < 1.29 is 22.0 Å². The predicted octanol–water partition coefficient (Wildman–Crippen LogP) is 4.39. The molecule has 3 aromatic carbocycles. The summed E-state index contributed by atoms with van der Waals surface area (Å²) in [5.41, 5.74) is 0.647. The van der Waals surface area contributed by atoms with Crippen molar-refractivity contribution in [1.29, 1.82) is 0 Å². The number of carbonyl (C=O) groups excluding carboxylic acids is 1. The third-order valence-corrected chi connectivity index (χ3v) is 5.95. The number of hydrogen-bond acceptors (Lipinski definition) is 3. The van der Waals surface area contributed by atoms with Crippen molar-refractivity contribution in [3.05, 3.63) is 94.5 Å². The van der Waals surface area contributed by atoms with Gasteiger partial charge in [-0.2, -0.15) is 0 Å². The van der Waals surface area contributed by atoms with Crippen LogP contribution in [0.3, 0.4) is 0 Å². The molecule has 0 unspecified atom stereocenters. The quantitative estimate of drug-likeness (QED) is 0.560. The molecule has 0 saturated heterocycles. The molecule has 1 amide bonds. The number of amides is 1. The standard InChI is InChI=1S/C21H17ClF2N2O3S/c22-18-10-5-15(21(27)25-12-11-14-3-1-2-4-19(14)24)13-20(18)26-30(28,29)17-8-6-16(23)7-9-17/h1-10,13,26H,11-12H2,(H,25,27). The minimum absolute atomic E-state index is 0.00254. The van der Waals surface area contributed by atoms with Crippen LogP contribution in [0.2, 0.25) is 5.02 Å². The van der Waals surface area contributed by atoms with Gasteiger partial charge in [0, 0.05) is 12.1 Å². The van der Waals surface area contributed by atoms with E-state index >= 15 is 0 Å². The largest absolute Gasteiger partial charge is 0.352 e. The molecule has 0 aromatic heterocycles. The first kappa shape index (κ1) is 21.7. The molecule has 0 aliphatic rings. The Kier molecular flexibility index (Phi) is 6.69. The van der Waals surface area contributed by atoms with Gasteiger partial charge in [-0.1, -0.05) is 29.8 Å². The van der Waals surface area contributed by atoms with Gasteiger partial charge >= 0.3 is 0 Å². The van der Waals surface area contributed by atoms with Gasteiger partial charge < -0.3 is 5.32 Å². The van der Waals surface area contributed by atoms with Crippen LogP contribution >= 0.6 is 11.6 Å². The van der Waals surface area contributed by atoms with Gasteiger partial charge in [0.25, 0.3) is 15.9 Å². The molecule has 0 heterocycles. The van der Waals surface area contributed by atoms with E-state index in [4.69, 9.17) is 11.6 Å². The Morgan fingerprint density at radius 3 is 2.37 bits per heavy atom. The van der Waals surface area contributed by atoms with Crippen LogP contribution in [0.15, 0.2) is 71.6 Å². The van der Waals surface area contributed by atoms with Crippen molar-refractivity contribution in [3.63, 3.8) is 0 Å². The number of halogens is 3. The van der Waals surface area contributed by atoms with Crippen LogP contribution in [0, 0.1) is 11.6 Å². The molecule has 0 spiro atoms. The summed E-state index contributed by atoms with van der Waals surface area (Å²) in [4.78, 5) is 12.2. The monoisotopic (exact) mass is 450 g/mol. The van der Waals surface area contributed by atoms with E-state index in [0.717, 1.165) is 24.3 Å². The van der Waals surface area contributed by atoms with E-state index in [2.05, 4.69) is 10.0 Å². The van der Waals surface area contributed by atoms with Gasteiger partial charge in [-0.25, -0.2) is 17.2 Å². The maximum Gasteiger partial charge on any atom is 0.261 e. The Morgan fingerprint density at radius 1 is 0.967 bits per heavy atom. The van der Waals surface area contributed by atoms with Crippen molar-refractivity contribution >= 4 is 33.2 Å². The number of nitrogens with one attached hydrogen (secondary N) is 2. The van der Waals surface area contributed by atoms with Crippen molar-refractivity contribution in [1.82, 2.24) is 5.32 Å². The van der Waals surface area contributed by atoms with E-state index < -0.39 is 21.7 Å². The summed E-state index contributed by atoms with van der Waals surface area (Å²) in [6.45, 7) is 0.193. The molecule has 0 radical (unpaired) electrons. The van der Waals surface area contributed by atoms with Crippen LogP contribution in [-0.2, 0) is 16.4 Å². The lowest BCUT2D eigenvalue weighted by molar-refractivity contribution is 0.0954. The third-order valence-electron chi connectivity index (χ3n) is 4.23. The fraction of sp³-hybridized carbons (Fsp3) is 0.0952. The molecule has 0 aliphatic carbocycles. The Balaban J connectivity index is 1.70. The molecule has 2 N–H and O–H groups in total. The van der Waals surface area contributed by atoms with Crippen LogP contribution < -0.4 is 10.0 Å².